The predicted molar refractivity (Wildman–Crippen MR) is 81.3 cm³/mol. The fourth-order valence-electron chi connectivity index (χ4n) is 2.21. The summed E-state index contributed by atoms with van der Waals surface area (Å²) in [4.78, 5) is 4.25. The van der Waals surface area contributed by atoms with E-state index in [1.807, 2.05) is 48.5 Å². The maximum absolute atomic E-state index is 5.72. The molecule has 0 radical (unpaired) electrons. The van der Waals surface area contributed by atoms with E-state index in [2.05, 4.69) is 20.5 Å². The Morgan fingerprint density at radius 2 is 1.90 bits per heavy atom. The number of fused-ring (bicyclic) bond motifs is 1. The van der Waals surface area contributed by atoms with Crippen LogP contribution in [0.25, 0.3) is 22.2 Å². The van der Waals surface area contributed by atoms with E-state index in [0.29, 0.717) is 6.01 Å². The maximum Gasteiger partial charge on any atom is 0.299 e. The Hall–Kier alpha value is -3.08. The SMILES string of the molecule is c1ccc(-c2cnc(Nc3ccc4cn[nH]c4c3)o2)cc1. The van der Waals surface area contributed by atoms with Gasteiger partial charge in [0.1, 0.15) is 0 Å². The Balaban J connectivity index is 1.61. The van der Waals surface area contributed by atoms with E-state index < -0.39 is 0 Å². The first-order valence-electron chi connectivity index (χ1n) is 6.60. The first-order valence-corrected chi connectivity index (χ1v) is 6.60. The summed E-state index contributed by atoms with van der Waals surface area (Å²) < 4.78 is 5.72. The highest BCUT2D eigenvalue weighted by molar-refractivity contribution is 5.82. The second-order valence-electron chi connectivity index (χ2n) is 4.69. The average molecular weight is 276 g/mol. The van der Waals surface area contributed by atoms with Gasteiger partial charge in [0, 0.05) is 16.6 Å². The number of hydrogen-bond donors (Lipinski definition) is 2. The van der Waals surface area contributed by atoms with Gasteiger partial charge < -0.3 is 9.73 Å². The van der Waals surface area contributed by atoms with Crippen molar-refractivity contribution in [3.05, 3.63) is 60.9 Å². The van der Waals surface area contributed by atoms with E-state index in [1.165, 1.54) is 0 Å². The molecule has 0 aliphatic rings. The Morgan fingerprint density at radius 1 is 1.00 bits per heavy atom. The van der Waals surface area contributed by atoms with Crippen molar-refractivity contribution in [3.8, 4) is 11.3 Å². The first-order chi connectivity index (χ1) is 10.4. The summed E-state index contributed by atoms with van der Waals surface area (Å²) >= 11 is 0. The number of benzene rings is 2. The number of aromatic amines is 1. The zero-order chi connectivity index (χ0) is 14.1. The molecule has 0 amide bonds. The van der Waals surface area contributed by atoms with Gasteiger partial charge >= 0.3 is 0 Å². The lowest BCUT2D eigenvalue weighted by Gasteiger charge is -2.01. The van der Waals surface area contributed by atoms with Crippen LogP contribution < -0.4 is 5.32 Å². The van der Waals surface area contributed by atoms with E-state index in [0.717, 1.165) is 27.9 Å². The van der Waals surface area contributed by atoms with Crippen LogP contribution in [-0.2, 0) is 0 Å². The molecule has 2 aromatic heterocycles. The molecular formula is C16H12N4O. The van der Waals surface area contributed by atoms with Crippen LogP contribution in [0.2, 0.25) is 0 Å². The van der Waals surface area contributed by atoms with E-state index in [-0.39, 0.29) is 0 Å². The number of oxazole rings is 1. The van der Waals surface area contributed by atoms with Crippen molar-refractivity contribution in [1.29, 1.82) is 0 Å². The summed E-state index contributed by atoms with van der Waals surface area (Å²) in [6, 6.07) is 16.3. The van der Waals surface area contributed by atoms with Crippen LogP contribution >= 0.6 is 0 Å². The number of H-pyrrole nitrogens is 1. The molecule has 0 saturated carbocycles. The summed E-state index contributed by atoms with van der Waals surface area (Å²) in [7, 11) is 0. The molecule has 2 aromatic carbocycles. The van der Waals surface area contributed by atoms with Crippen LogP contribution in [0.4, 0.5) is 11.7 Å². The molecule has 5 heteroatoms. The van der Waals surface area contributed by atoms with Crippen LogP contribution in [0.5, 0.6) is 0 Å². The van der Waals surface area contributed by atoms with Crippen LogP contribution in [0, 0.1) is 0 Å². The van der Waals surface area contributed by atoms with Gasteiger partial charge in [0.15, 0.2) is 5.76 Å². The topological polar surface area (TPSA) is 66.7 Å². The van der Waals surface area contributed by atoms with Gasteiger partial charge in [-0.05, 0) is 18.2 Å². The fourth-order valence-corrected chi connectivity index (χ4v) is 2.21. The van der Waals surface area contributed by atoms with Crippen molar-refractivity contribution in [3.63, 3.8) is 0 Å². The Bertz CT molecular complexity index is 879. The van der Waals surface area contributed by atoms with Gasteiger partial charge in [-0.2, -0.15) is 5.10 Å². The van der Waals surface area contributed by atoms with Crippen LogP contribution in [0.3, 0.4) is 0 Å². The van der Waals surface area contributed by atoms with Gasteiger partial charge in [0.2, 0.25) is 0 Å². The van der Waals surface area contributed by atoms with Crippen molar-refractivity contribution in [2.24, 2.45) is 0 Å². The third-order valence-corrected chi connectivity index (χ3v) is 3.26. The molecule has 0 atom stereocenters. The predicted octanol–water partition coefficient (Wildman–Crippen LogP) is 3.96. The molecule has 5 nitrogen and oxygen atoms in total. The van der Waals surface area contributed by atoms with Gasteiger partial charge in [0.25, 0.3) is 6.01 Å². The Labute approximate surface area is 120 Å². The average Bonchev–Trinajstić information content (AvgIpc) is 3.17. The zero-order valence-corrected chi connectivity index (χ0v) is 11.1. The number of aromatic nitrogens is 3. The molecule has 0 aliphatic heterocycles. The highest BCUT2D eigenvalue weighted by atomic mass is 16.4. The molecule has 0 aliphatic carbocycles. The summed E-state index contributed by atoms with van der Waals surface area (Å²) in [5.41, 5.74) is 2.87. The van der Waals surface area contributed by atoms with E-state index >= 15 is 0 Å². The number of nitrogens with one attached hydrogen (secondary N) is 2. The van der Waals surface area contributed by atoms with Gasteiger partial charge in [0.05, 0.1) is 17.9 Å². The highest BCUT2D eigenvalue weighted by Gasteiger charge is 2.06. The first kappa shape index (κ1) is 11.7. The Kier molecular flexibility index (Phi) is 2.67. The molecular weight excluding hydrogens is 264 g/mol. The lowest BCUT2D eigenvalue weighted by atomic mass is 10.2. The van der Waals surface area contributed by atoms with Crippen LogP contribution in [0.1, 0.15) is 0 Å². The minimum absolute atomic E-state index is 0.465. The van der Waals surface area contributed by atoms with Crippen molar-refractivity contribution < 1.29 is 4.42 Å². The normalized spacial score (nSPS) is 10.9. The van der Waals surface area contributed by atoms with Crippen LogP contribution in [0.15, 0.2) is 65.3 Å². The summed E-state index contributed by atoms with van der Waals surface area (Å²) in [6.07, 6.45) is 3.50. The number of rotatable bonds is 3. The molecule has 0 saturated heterocycles. The highest BCUT2D eigenvalue weighted by Crippen LogP contribution is 2.25. The summed E-state index contributed by atoms with van der Waals surface area (Å²) in [5.74, 6) is 0.737. The summed E-state index contributed by atoms with van der Waals surface area (Å²) in [6.45, 7) is 0. The van der Waals surface area contributed by atoms with Crippen LogP contribution in [-0.4, -0.2) is 15.2 Å². The van der Waals surface area contributed by atoms with Gasteiger partial charge in [-0.1, -0.05) is 30.3 Å². The molecule has 2 heterocycles. The molecule has 0 spiro atoms. The van der Waals surface area contributed by atoms with Gasteiger partial charge in [-0.3, -0.25) is 5.10 Å². The number of anilines is 2. The lowest BCUT2D eigenvalue weighted by Crippen LogP contribution is -1.89. The zero-order valence-electron chi connectivity index (χ0n) is 11.1. The van der Waals surface area contributed by atoms with Crippen molar-refractivity contribution in [2.45, 2.75) is 0 Å². The molecule has 4 aromatic rings. The lowest BCUT2D eigenvalue weighted by molar-refractivity contribution is 0.592. The smallest absolute Gasteiger partial charge is 0.299 e. The third kappa shape index (κ3) is 2.25. The molecule has 102 valence electrons. The third-order valence-electron chi connectivity index (χ3n) is 3.26. The minimum Gasteiger partial charge on any atom is -0.423 e. The monoisotopic (exact) mass is 276 g/mol. The Morgan fingerprint density at radius 3 is 2.81 bits per heavy atom. The minimum atomic E-state index is 0.465. The number of hydrogen-bond acceptors (Lipinski definition) is 4. The van der Waals surface area contributed by atoms with Crippen molar-refractivity contribution >= 4 is 22.6 Å². The van der Waals surface area contributed by atoms with Crippen molar-refractivity contribution in [1.82, 2.24) is 15.2 Å². The molecule has 4 rings (SSSR count). The number of nitrogens with zero attached hydrogens (tertiary/aromatic N) is 2. The largest absolute Gasteiger partial charge is 0.423 e. The quantitative estimate of drug-likeness (QED) is 0.594. The maximum atomic E-state index is 5.72. The molecule has 2 N–H and O–H groups in total. The molecule has 0 fully saturated rings. The van der Waals surface area contributed by atoms with Gasteiger partial charge in [-0.15, -0.1) is 0 Å². The second-order valence-corrected chi connectivity index (χ2v) is 4.69. The van der Waals surface area contributed by atoms with E-state index in [4.69, 9.17) is 4.42 Å². The summed E-state index contributed by atoms with van der Waals surface area (Å²) in [5, 5.41) is 11.2. The van der Waals surface area contributed by atoms with Gasteiger partial charge in [-0.25, -0.2) is 4.98 Å². The molecule has 21 heavy (non-hydrogen) atoms. The second kappa shape index (κ2) is 4.79. The van der Waals surface area contributed by atoms with E-state index in [1.54, 1.807) is 12.4 Å². The molecule has 0 unspecified atom stereocenters. The fraction of sp³-hybridized carbons (Fsp3) is 0. The standard InChI is InChI=1S/C16H12N4O/c1-2-4-11(5-3-1)15-10-17-16(21-15)19-13-7-6-12-9-18-20-14(12)8-13/h1-10H,(H,17,19)(H,18,20). The van der Waals surface area contributed by atoms with E-state index in [9.17, 15) is 0 Å². The molecule has 0 bridgehead atoms. The van der Waals surface area contributed by atoms with Crippen molar-refractivity contribution in [2.75, 3.05) is 5.32 Å².